The Morgan fingerprint density at radius 3 is 2.76 bits per heavy atom. The third-order valence-electron chi connectivity index (χ3n) is 3.35. The number of rotatable bonds is 5. The number of aromatic nitrogens is 5. The van der Waals surface area contributed by atoms with Gasteiger partial charge in [0, 0.05) is 18.9 Å². The fourth-order valence-corrected chi connectivity index (χ4v) is 3.39. The van der Waals surface area contributed by atoms with Crippen LogP contribution >= 0.6 is 11.8 Å². The maximum Gasteiger partial charge on any atom is 0.257 e. The average Bonchev–Trinajstić information content (AvgIpc) is 3.08. The molecular formula is C12H18N8S. The van der Waals surface area contributed by atoms with Crippen LogP contribution in [0.3, 0.4) is 0 Å². The van der Waals surface area contributed by atoms with Crippen molar-refractivity contribution in [2.45, 2.75) is 12.8 Å². The quantitative estimate of drug-likeness (QED) is 0.552. The van der Waals surface area contributed by atoms with Crippen molar-refractivity contribution in [3.63, 3.8) is 0 Å². The first-order valence-corrected chi connectivity index (χ1v) is 8.05. The van der Waals surface area contributed by atoms with Crippen molar-refractivity contribution in [2.75, 3.05) is 28.8 Å². The molecule has 21 heavy (non-hydrogen) atoms. The first kappa shape index (κ1) is 14.1. The van der Waals surface area contributed by atoms with Crippen molar-refractivity contribution in [3.8, 4) is 5.95 Å². The molecule has 0 amide bonds. The molecule has 0 aromatic carbocycles. The van der Waals surface area contributed by atoms with Gasteiger partial charge in [-0.25, -0.2) is 10.5 Å². The summed E-state index contributed by atoms with van der Waals surface area (Å²) in [6.07, 6.45) is 5.91. The minimum absolute atomic E-state index is 0.317. The molecule has 1 aliphatic rings. The third kappa shape index (κ3) is 3.61. The Hall–Kier alpha value is -1.87. The molecule has 8 nitrogen and oxygen atoms in total. The van der Waals surface area contributed by atoms with E-state index in [-0.39, 0.29) is 0 Å². The Labute approximate surface area is 126 Å². The third-order valence-corrected chi connectivity index (χ3v) is 4.40. The van der Waals surface area contributed by atoms with Crippen LogP contribution in [0.15, 0.2) is 18.5 Å². The largest absolute Gasteiger partial charge is 0.354 e. The average molecular weight is 306 g/mol. The predicted molar refractivity (Wildman–Crippen MR) is 83.3 cm³/mol. The maximum atomic E-state index is 5.42. The van der Waals surface area contributed by atoms with Crippen LogP contribution in [0, 0.1) is 5.92 Å². The first-order chi connectivity index (χ1) is 10.3. The van der Waals surface area contributed by atoms with Crippen LogP contribution < -0.4 is 16.6 Å². The van der Waals surface area contributed by atoms with Gasteiger partial charge in [0.2, 0.25) is 11.9 Å². The van der Waals surface area contributed by atoms with Crippen LogP contribution in [-0.2, 0) is 0 Å². The predicted octanol–water partition coefficient (Wildman–Crippen LogP) is 0.898. The zero-order valence-corrected chi connectivity index (χ0v) is 12.4. The molecule has 0 radical (unpaired) electrons. The summed E-state index contributed by atoms with van der Waals surface area (Å²) in [5, 5.41) is 7.40. The van der Waals surface area contributed by atoms with E-state index in [1.54, 1.807) is 17.1 Å². The van der Waals surface area contributed by atoms with E-state index >= 15 is 0 Å². The second kappa shape index (κ2) is 6.72. The smallest absolute Gasteiger partial charge is 0.257 e. The van der Waals surface area contributed by atoms with Crippen LogP contribution in [0.4, 0.5) is 11.9 Å². The summed E-state index contributed by atoms with van der Waals surface area (Å²) in [6, 6.07) is 1.81. The van der Waals surface area contributed by atoms with Gasteiger partial charge in [-0.3, -0.25) is 5.43 Å². The van der Waals surface area contributed by atoms with Gasteiger partial charge in [0.05, 0.1) is 0 Å². The van der Waals surface area contributed by atoms with Gasteiger partial charge in [0.15, 0.2) is 0 Å². The number of hydrazine groups is 1. The molecule has 3 rings (SSSR count). The molecule has 0 atom stereocenters. The molecule has 0 aliphatic carbocycles. The summed E-state index contributed by atoms with van der Waals surface area (Å²) in [5.74, 6) is 9.82. The summed E-state index contributed by atoms with van der Waals surface area (Å²) >= 11 is 2.02. The molecule has 1 fully saturated rings. The Morgan fingerprint density at radius 1 is 1.24 bits per heavy atom. The normalized spacial score (nSPS) is 15.9. The summed E-state index contributed by atoms with van der Waals surface area (Å²) < 4.78 is 1.57. The van der Waals surface area contributed by atoms with Gasteiger partial charge < -0.3 is 5.32 Å². The van der Waals surface area contributed by atoms with Crippen LogP contribution in [0.25, 0.3) is 5.95 Å². The van der Waals surface area contributed by atoms with Crippen molar-refractivity contribution < 1.29 is 0 Å². The van der Waals surface area contributed by atoms with E-state index in [9.17, 15) is 0 Å². The molecule has 0 bridgehead atoms. The van der Waals surface area contributed by atoms with Crippen LogP contribution in [0.5, 0.6) is 0 Å². The minimum Gasteiger partial charge on any atom is -0.354 e. The lowest BCUT2D eigenvalue weighted by atomic mass is 10.0. The highest BCUT2D eigenvalue weighted by Gasteiger charge is 2.14. The second-order valence-electron chi connectivity index (χ2n) is 4.81. The van der Waals surface area contributed by atoms with Crippen molar-refractivity contribution in [1.29, 1.82) is 0 Å². The number of nitrogens with two attached hydrogens (primary N) is 1. The van der Waals surface area contributed by atoms with E-state index in [0.717, 1.165) is 6.54 Å². The Kier molecular flexibility index (Phi) is 4.51. The van der Waals surface area contributed by atoms with Gasteiger partial charge in [-0.1, -0.05) is 0 Å². The number of nitrogens with one attached hydrogen (secondary N) is 2. The van der Waals surface area contributed by atoms with Crippen LogP contribution in [0.1, 0.15) is 12.8 Å². The van der Waals surface area contributed by atoms with E-state index < -0.39 is 0 Å². The molecule has 2 aromatic heterocycles. The molecule has 9 heteroatoms. The standard InChI is InChI=1S/C12H18N8S/c13-19-11-16-10(14-8-9-2-6-21-7-3-9)17-12(18-11)20-5-1-4-15-20/h1,4-5,9H,2-3,6-8,13H2,(H2,14,16,17,18,19). The summed E-state index contributed by atoms with van der Waals surface area (Å²) in [4.78, 5) is 12.8. The monoisotopic (exact) mass is 306 g/mol. The van der Waals surface area contributed by atoms with Crippen LogP contribution in [0.2, 0.25) is 0 Å². The highest BCUT2D eigenvalue weighted by Crippen LogP contribution is 2.22. The van der Waals surface area contributed by atoms with Crippen LogP contribution in [-0.4, -0.2) is 42.8 Å². The highest BCUT2D eigenvalue weighted by molar-refractivity contribution is 7.99. The van der Waals surface area contributed by atoms with Crippen molar-refractivity contribution in [2.24, 2.45) is 11.8 Å². The number of hydrogen-bond donors (Lipinski definition) is 3. The number of nitrogens with zero attached hydrogens (tertiary/aromatic N) is 5. The minimum atomic E-state index is 0.317. The van der Waals surface area contributed by atoms with Gasteiger partial charge in [0.25, 0.3) is 5.95 Å². The van der Waals surface area contributed by atoms with Crippen molar-refractivity contribution >= 4 is 23.7 Å². The van der Waals surface area contributed by atoms with E-state index in [0.29, 0.717) is 23.8 Å². The van der Waals surface area contributed by atoms with Crippen molar-refractivity contribution in [3.05, 3.63) is 18.5 Å². The second-order valence-corrected chi connectivity index (χ2v) is 6.04. The molecule has 1 saturated heterocycles. The molecule has 4 N–H and O–H groups in total. The van der Waals surface area contributed by atoms with Crippen molar-refractivity contribution in [1.82, 2.24) is 24.7 Å². The molecule has 0 unspecified atom stereocenters. The molecule has 3 heterocycles. The zero-order valence-electron chi connectivity index (χ0n) is 11.6. The number of thioether (sulfide) groups is 1. The molecular weight excluding hydrogens is 288 g/mol. The molecule has 112 valence electrons. The van der Waals surface area contributed by atoms with Gasteiger partial charge in [0.1, 0.15) is 0 Å². The lowest BCUT2D eigenvalue weighted by molar-refractivity contribution is 0.514. The lowest BCUT2D eigenvalue weighted by Gasteiger charge is -2.21. The number of hydrogen-bond acceptors (Lipinski definition) is 8. The van der Waals surface area contributed by atoms with E-state index in [4.69, 9.17) is 5.84 Å². The van der Waals surface area contributed by atoms with Gasteiger partial charge in [-0.05, 0) is 36.3 Å². The lowest BCUT2D eigenvalue weighted by Crippen LogP contribution is -2.21. The van der Waals surface area contributed by atoms with Gasteiger partial charge in [-0.15, -0.1) is 0 Å². The Morgan fingerprint density at radius 2 is 2.05 bits per heavy atom. The Bertz CT molecular complexity index is 567. The highest BCUT2D eigenvalue weighted by atomic mass is 32.2. The number of anilines is 2. The fourth-order valence-electron chi connectivity index (χ4n) is 2.18. The molecule has 1 aliphatic heterocycles. The number of nitrogen functional groups attached to an aromatic ring is 1. The SMILES string of the molecule is NNc1nc(NCC2CCSCC2)nc(-n2cccn2)n1. The Balaban J connectivity index is 1.73. The summed E-state index contributed by atoms with van der Waals surface area (Å²) in [5.41, 5.74) is 2.46. The maximum absolute atomic E-state index is 5.42. The molecule has 0 saturated carbocycles. The molecule has 2 aromatic rings. The van der Waals surface area contributed by atoms with Gasteiger partial charge in [-0.2, -0.15) is 31.8 Å². The first-order valence-electron chi connectivity index (χ1n) is 6.89. The molecule has 0 spiro atoms. The van der Waals surface area contributed by atoms with E-state index in [1.165, 1.54) is 24.3 Å². The summed E-state index contributed by atoms with van der Waals surface area (Å²) in [7, 11) is 0. The van der Waals surface area contributed by atoms with E-state index in [1.807, 2.05) is 17.8 Å². The summed E-state index contributed by atoms with van der Waals surface area (Å²) in [6.45, 7) is 0.868. The topological polar surface area (TPSA) is 107 Å². The zero-order chi connectivity index (χ0) is 14.5. The van der Waals surface area contributed by atoms with Gasteiger partial charge >= 0.3 is 0 Å². The fraction of sp³-hybridized carbons (Fsp3) is 0.500. The van der Waals surface area contributed by atoms with E-state index in [2.05, 4.69) is 30.8 Å².